The summed E-state index contributed by atoms with van der Waals surface area (Å²) in [7, 11) is -3.71. The average Bonchev–Trinajstić information content (AvgIpc) is 2.94. The van der Waals surface area contributed by atoms with Gasteiger partial charge in [0.2, 0.25) is 0 Å². The van der Waals surface area contributed by atoms with E-state index in [1.807, 2.05) is 25.1 Å². The third-order valence-corrected chi connectivity index (χ3v) is 4.97. The molecule has 3 rings (SSSR count). The van der Waals surface area contributed by atoms with E-state index in [9.17, 15) is 8.42 Å². The van der Waals surface area contributed by atoms with Crippen LogP contribution in [-0.2, 0) is 10.0 Å². The van der Waals surface area contributed by atoms with Gasteiger partial charge in [0.1, 0.15) is 5.76 Å². The Morgan fingerprint density at radius 1 is 1.04 bits per heavy atom. The third-order valence-electron chi connectivity index (χ3n) is 3.60. The van der Waals surface area contributed by atoms with Gasteiger partial charge in [-0.1, -0.05) is 23.4 Å². The normalized spacial score (nSPS) is 11.4. The number of nitrogens with two attached hydrogens (primary N) is 1. The smallest absolute Gasteiger partial charge is 0.263 e. The number of anilines is 2. The Morgan fingerprint density at radius 3 is 2.38 bits per heavy atom. The molecule has 0 aliphatic heterocycles. The fourth-order valence-electron chi connectivity index (χ4n) is 2.38. The molecule has 2 aromatic carbocycles. The maximum Gasteiger partial charge on any atom is 0.263 e. The molecule has 0 bridgehead atoms. The van der Waals surface area contributed by atoms with Crippen molar-refractivity contribution in [3.8, 4) is 11.1 Å². The molecule has 24 heavy (non-hydrogen) atoms. The average molecular weight is 343 g/mol. The van der Waals surface area contributed by atoms with Gasteiger partial charge in [-0.05, 0) is 54.8 Å². The molecule has 0 atom stereocenters. The second kappa shape index (κ2) is 6.01. The number of aryl methyl sites for hydroxylation is 2. The van der Waals surface area contributed by atoms with Gasteiger partial charge in [0.25, 0.3) is 10.0 Å². The highest BCUT2D eigenvalue weighted by Gasteiger charge is 2.16. The number of hydrogen-bond donors (Lipinski definition) is 2. The van der Waals surface area contributed by atoms with Crippen molar-refractivity contribution in [2.75, 3.05) is 10.5 Å². The standard InChI is InChI=1S/C17H17N3O3S/c1-11-3-6-14(18)10-16(11)13-4-7-15(8-5-13)24(21,22)20-17-9-12(2)23-19-17/h3-10H,18H2,1-2H3,(H,19,20). The van der Waals surface area contributed by atoms with Gasteiger partial charge in [-0.15, -0.1) is 0 Å². The molecule has 0 saturated carbocycles. The molecular formula is C17H17N3O3S. The molecule has 0 spiro atoms. The predicted octanol–water partition coefficient (Wildman–Crippen LogP) is 3.34. The van der Waals surface area contributed by atoms with E-state index >= 15 is 0 Å². The Kier molecular flexibility index (Phi) is 4.02. The van der Waals surface area contributed by atoms with E-state index in [-0.39, 0.29) is 10.7 Å². The van der Waals surface area contributed by atoms with Crippen LogP contribution in [0, 0.1) is 13.8 Å². The maximum absolute atomic E-state index is 12.4. The molecule has 124 valence electrons. The van der Waals surface area contributed by atoms with Crippen LogP contribution >= 0.6 is 0 Å². The lowest BCUT2D eigenvalue weighted by Gasteiger charge is -2.09. The van der Waals surface area contributed by atoms with Crippen LogP contribution in [0.5, 0.6) is 0 Å². The first-order valence-corrected chi connectivity index (χ1v) is 8.76. The minimum Gasteiger partial charge on any atom is -0.399 e. The highest BCUT2D eigenvalue weighted by Crippen LogP contribution is 2.27. The number of sulfonamides is 1. The number of hydrogen-bond acceptors (Lipinski definition) is 5. The second-order valence-electron chi connectivity index (χ2n) is 5.53. The van der Waals surface area contributed by atoms with E-state index in [1.165, 1.54) is 6.07 Å². The van der Waals surface area contributed by atoms with Crippen molar-refractivity contribution in [3.05, 3.63) is 59.9 Å². The summed E-state index contributed by atoms with van der Waals surface area (Å²) in [6.45, 7) is 3.67. The summed E-state index contributed by atoms with van der Waals surface area (Å²) >= 11 is 0. The molecule has 7 heteroatoms. The van der Waals surface area contributed by atoms with Crippen molar-refractivity contribution in [1.29, 1.82) is 0 Å². The number of benzene rings is 2. The fourth-order valence-corrected chi connectivity index (χ4v) is 3.36. The fraction of sp³-hybridized carbons (Fsp3) is 0.118. The Balaban J connectivity index is 1.90. The monoisotopic (exact) mass is 343 g/mol. The van der Waals surface area contributed by atoms with Crippen molar-refractivity contribution in [2.24, 2.45) is 0 Å². The van der Waals surface area contributed by atoms with E-state index in [0.29, 0.717) is 11.4 Å². The molecule has 0 radical (unpaired) electrons. The molecular weight excluding hydrogens is 326 g/mol. The lowest BCUT2D eigenvalue weighted by atomic mass is 10.0. The molecule has 1 aromatic heterocycles. The van der Waals surface area contributed by atoms with Crippen LogP contribution in [0.25, 0.3) is 11.1 Å². The Bertz CT molecular complexity index is 977. The summed E-state index contributed by atoms with van der Waals surface area (Å²) in [5.74, 6) is 0.684. The summed E-state index contributed by atoms with van der Waals surface area (Å²) in [6, 6.07) is 13.8. The molecule has 1 heterocycles. The van der Waals surface area contributed by atoms with Gasteiger partial charge in [-0.25, -0.2) is 8.42 Å². The van der Waals surface area contributed by atoms with Crippen molar-refractivity contribution in [3.63, 3.8) is 0 Å². The Labute approximate surface area is 140 Å². The van der Waals surface area contributed by atoms with Crippen molar-refractivity contribution >= 4 is 21.5 Å². The first-order chi connectivity index (χ1) is 11.3. The van der Waals surface area contributed by atoms with Crippen LogP contribution in [0.15, 0.2) is 57.9 Å². The zero-order valence-corrected chi connectivity index (χ0v) is 14.1. The highest BCUT2D eigenvalue weighted by atomic mass is 32.2. The highest BCUT2D eigenvalue weighted by molar-refractivity contribution is 7.92. The topological polar surface area (TPSA) is 98.2 Å². The van der Waals surface area contributed by atoms with E-state index in [2.05, 4.69) is 9.88 Å². The summed E-state index contributed by atoms with van der Waals surface area (Å²) in [5.41, 5.74) is 9.43. The summed E-state index contributed by atoms with van der Waals surface area (Å²) in [6.07, 6.45) is 0. The van der Waals surface area contributed by atoms with Crippen LogP contribution in [0.2, 0.25) is 0 Å². The molecule has 0 unspecified atom stereocenters. The van der Waals surface area contributed by atoms with Crippen molar-refractivity contribution in [2.45, 2.75) is 18.7 Å². The quantitative estimate of drug-likeness (QED) is 0.708. The maximum atomic E-state index is 12.4. The van der Waals surface area contributed by atoms with Gasteiger partial charge >= 0.3 is 0 Å². The SMILES string of the molecule is Cc1cc(NS(=O)(=O)c2ccc(-c3cc(N)ccc3C)cc2)no1. The zero-order chi connectivity index (χ0) is 17.3. The van der Waals surface area contributed by atoms with E-state index in [1.54, 1.807) is 31.2 Å². The van der Waals surface area contributed by atoms with Gasteiger partial charge in [-0.2, -0.15) is 0 Å². The molecule has 3 aromatic rings. The van der Waals surface area contributed by atoms with E-state index in [4.69, 9.17) is 10.3 Å². The summed E-state index contributed by atoms with van der Waals surface area (Å²) in [4.78, 5) is 0.147. The summed E-state index contributed by atoms with van der Waals surface area (Å²) in [5, 5.41) is 3.63. The van der Waals surface area contributed by atoms with Crippen molar-refractivity contribution in [1.82, 2.24) is 5.16 Å². The van der Waals surface area contributed by atoms with Gasteiger partial charge in [0.05, 0.1) is 4.90 Å². The van der Waals surface area contributed by atoms with E-state index < -0.39 is 10.0 Å². The molecule has 6 nitrogen and oxygen atoms in total. The second-order valence-corrected chi connectivity index (χ2v) is 7.21. The van der Waals surface area contributed by atoms with Crippen LogP contribution in [0.4, 0.5) is 11.5 Å². The number of nitrogens with one attached hydrogen (secondary N) is 1. The predicted molar refractivity (Wildman–Crippen MR) is 93.1 cm³/mol. The summed E-state index contributed by atoms with van der Waals surface area (Å²) < 4.78 is 32.0. The molecule has 0 saturated heterocycles. The lowest BCUT2D eigenvalue weighted by molar-refractivity contribution is 0.400. The Morgan fingerprint density at radius 2 is 1.75 bits per heavy atom. The van der Waals surface area contributed by atoms with Gasteiger partial charge in [0.15, 0.2) is 5.82 Å². The molecule has 0 aliphatic carbocycles. The molecule has 0 amide bonds. The largest absolute Gasteiger partial charge is 0.399 e. The minimum absolute atomic E-state index is 0.147. The first-order valence-electron chi connectivity index (χ1n) is 7.28. The van der Waals surface area contributed by atoms with Crippen LogP contribution in [0.1, 0.15) is 11.3 Å². The number of rotatable bonds is 4. The Hall–Kier alpha value is -2.80. The number of nitrogens with zero attached hydrogens (tertiary/aromatic N) is 1. The van der Waals surface area contributed by atoms with Crippen LogP contribution < -0.4 is 10.5 Å². The molecule has 3 N–H and O–H groups in total. The molecule has 0 fully saturated rings. The van der Waals surface area contributed by atoms with Crippen LogP contribution in [0.3, 0.4) is 0 Å². The molecule has 0 aliphatic rings. The van der Waals surface area contributed by atoms with Crippen molar-refractivity contribution < 1.29 is 12.9 Å². The number of aromatic nitrogens is 1. The van der Waals surface area contributed by atoms with Crippen LogP contribution in [-0.4, -0.2) is 13.6 Å². The third kappa shape index (κ3) is 3.26. The zero-order valence-electron chi connectivity index (χ0n) is 13.3. The van der Waals surface area contributed by atoms with Gasteiger partial charge in [-0.3, -0.25) is 4.72 Å². The minimum atomic E-state index is -3.71. The van der Waals surface area contributed by atoms with Gasteiger partial charge in [0, 0.05) is 11.8 Å². The lowest BCUT2D eigenvalue weighted by Crippen LogP contribution is -2.13. The van der Waals surface area contributed by atoms with E-state index in [0.717, 1.165) is 16.7 Å². The first kappa shape index (κ1) is 16.1. The number of nitrogen functional groups attached to an aromatic ring is 1. The van der Waals surface area contributed by atoms with Gasteiger partial charge < -0.3 is 10.3 Å².